The molecule has 4 unspecified atom stereocenters. The van der Waals surface area contributed by atoms with E-state index in [2.05, 4.69) is 52.3 Å². The van der Waals surface area contributed by atoms with E-state index in [4.69, 9.17) is 9.16 Å². The molecule has 0 bridgehead atoms. The van der Waals surface area contributed by atoms with E-state index in [1.807, 2.05) is 6.08 Å². The Morgan fingerprint density at radius 1 is 1.22 bits per heavy atom. The normalized spacial score (nSPS) is 26.1. The standard InChI is InChI=1S/C27H47N3O5Si/c1-10-12-13-14-16-29(6)25(33)30-17-15-21(35-36(8,9)26(3,4)5)18-22(30)23(31)28-27(24(32)34-7)19-20(27)11-2/h10-11,20-22H,1-2,12-19H2,3-9H3,(H,28,31). The minimum Gasteiger partial charge on any atom is -0.467 e. The number of nitrogens with zero attached hydrogens (tertiary/aromatic N) is 2. The molecule has 1 aliphatic carbocycles. The van der Waals surface area contributed by atoms with Gasteiger partial charge in [0.05, 0.1) is 7.11 Å². The quantitative estimate of drug-likeness (QED) is 0.187. The lowest BCUT2D eigenvalue weighted by molar-refractivity contribution is -0.147. The van der Waals surface area contributed by atoms with Crippen LogP contribution in [0.4, 0.5) is 4.79 Å². The van der Waals surface area contributed by atoms with Crippen molar-refractivity contribution in [2.45, 2.75) is 95.1 Å². The van der Waals surface area contributed by atoms with Gasteiger partial charge in [-0.2, -0.15) is 0 Å². The molecule has 9 heteroatoms. The lowest BCUT2D eigenvalue weighted by atomic mass is 9.98. The van der Waals surface area contributed by atoms with Crippen LogP contribution < -0.4 is 5.32 Å². The summed E-state index contributed by atoms with van der Waals surface area (Å²) in [6, 6.07) is -0.910. The minimum absolute atomic E-state index is 0.0313. The van der Waals surface area contributed by atoms with Gasteiger partial charge in [0.2, 0.25) is 5.91 Å². The molecule has 3 amide bonds. The summed E-state index contributed by atoms with van der Waals surface area (Å²) in [5.74, 6) is -1.02. The molecule has 1 heterocycles. The molecule has 0 aromatic carbocycles. The van der Waals surface area contributed by atoms with Gasteiger partial charge in [0.1, 0.15) is 11.6 Å². The first kappa shape index (κ1) is 30.1. The van der Waals surface area contributed by atoms with Gasteiger partial charge in [0.15, 0.2) is 8.32 Å². The zero-order valence-electron chi connectivity index (χ0n) is 23.4. The molecular weight excluding hydrogens is 474 g/mol. The van der Waals surface area contributed by atoms with Gasteiger partial charge >= 0.3 is 12.0 Å². The maximum absolute atomic E-state index is 13.7. The number of unbranched alkanes of at least 4 members (excludes halogenated alkanes) is 2. The Morgan fingerprint density at radius 2 is 1.89 bits per heavy atom. The zero-order chi connectivity index (χ0) is 27.3. The average molecular weight is 522 g/mol. The van der Waals surface area contributed by atoms with Crippen LogP contribution in [0.5, 0.6) is 0 Å². The van der Waals surface area contributed by atoms with Crippen molar-refractivity contribution >= 4 is 26.2 Å². The monoisotopic (exact) mass is 521 g/mol. The molecule has 1 N–H and O–H groups in total. The highest BCUT2D eigenvalue weighted by Gasteiger charge is 2.61. The van der Waals surface area contributed by atoms with Crippen LogP contribution in [0, 0.1) is 5.92 Å². The molecular formula is C27H47N3O5Si. The number of ether oxygens (including phenoxy) is 1. The summed E-state index contributed by atoms with van der Waals surface area (Å²) in [7, 11) is 1.02. The third kappa shape index (κ3) is 6.79. The molecule has 0 aromatic rings. The van der Waals surface area contributed by atoms with Crippen molar-refractivity contribution in [3.63, 3.8) is 0 Å². The van der Waals surface area contributed by atoms with Gasteiger partial charge in [0, 0.05) is 38.6 Å². The van der Waals surface area contributed by atoms with E-state index in [9.17, 15) is 14.4 Å². The van der Waals surface area contributed by atoms with E-state index in [1.54, 1.807) is 22.9 Å². The molecule has 36 heavy (non-hydrogen) atoms. The van der Waals surface area contributed by atoms with Crippen molar-refractivity contribution in [2.75, 3.05) is 27.2 Å². The Morgan fingerprint density at radius 3 is 2.42 bits per heavy atom. The van der Waals surface area contributed by atoms with Crippen LogP contribution in [0.15, 0.2) is 25.3 Å². The smallest absolute Gasteiger partial charge is 0.332 e. The molecule has 1 saturated heterocycles. The number of esters is 1. The van der Waals surface area contributed by atoms with Crippen LogP contribution in [0.2, 0.25) is 18.1 Å². The second-order valence-corrected chi connectivity index (χ2v) is 16.5. The molecule has 8 nitrogen and oxygen atoms in total. The number of methoxy groups -OCH3 is 1. The highest BCUT2D eigenvalue weighted by Crippen LogP contribution is 2.45. The number of rotatable bonds is 11. The first-order valence-corrected chi connectivity index (χ1v) is 16.0. The second kappa shape index (κ2) is 11.9. The summed E-state index contributed by atoms with van der Waals surface area (Å²) in [5.41, 5.74) is -1.11. The topological polar surface area (TPSA) is 88.2 Å². The van der Waals surface area contributed by atoms with E-state index < -0.39 is 25.9 Å². The Hall–Kier alpha value is -2.13. The maximum Gasteiger partial charge on any atom is 0.332 e. The number of hydrogen-bond donors (Lipinski definition) is 1. The van der Waals surface area contributed by atoms with Gasteiger partial charge in [-0.1, -0.05) is 32.9 Å². The largest absolute Gasteiger partial charge is 0.467 e. The average Bonchev–Trinajstić information content (AvgIpc) is 3.53. The summed E-state index contributed by atoms with van der Waals surface area (Å²) in [6.07, 6.45) is 7.65. The summed E-state index contributed by atoms with van der Waals surface area (Å²) < 4.78 is 11.6. The van der Waals surface area contributed by atoms with E-state index in [-0.39, 0.29) is 29.0 Å². The Bertz CT molecular complexity index is 840. The van der Waals surface area contributed by atoms with Crippen LogP contribution >= 0.6 is 0 Å². The van der Waals surface area contributed by atoms with E-state index >= 15 is 0 Å². The van der Waals surface area contributed by atoms with Crippen molar-refractivity contribution < 1.29 is 23.5 Å². The predicted molar refractivity (Wildman–Crippen MR) is 145 cm³/mol. The first-order chi connectivity index (χ1) is 16.7. The van der Waals surface area contributed by atoms with E-state index in [0.717, 1.165) is 19.3 Å². The number of likely N-dealkylation sites (tertiary alicyclic amines) is 1. The Labute approximate surface area is 218 Å². The highest BCUT2D eigenvalue weighted by atomic mass is 28.4. The fourth-order valence-corrected chi connectivity index (χ4v) is 5.95. The minimum atomic E-state index is -2.07. The third-order valence-electron chi connectivity index (χ3n) is 8.04. The van der Waals surface area contributed by atoms with Gasteiger partial charge in [-0.15, -0.1) is 13.2 Å². The number of amides is 3. The van der Waals surface area contributed by atoms with Crippen LogP contribution in [-0.2, 0) is 18.8 Å². The number of allylic oxidation sites excluding steroid dienone is 1. The molecule has 204 valence electrons. The SMILES string of the molecule is C=CCCCCN(C)C(=O)N1CCC(O[Si](C)(C)C(C)(C)C)CC1C(=O)NC1(C(=O)OC)CC1C=C. The Kier molecular flexibility index (Phi) is 9.98. The molecule has 4 atom stereocenters. The fraction of sp³-hybridized carbons (Fsp3) is 0.741. The van der Waals surface area contributed by atoms with E-state index in [1.165, 1.54) is 7.11 Å². The molecule has 2 rings (SSSR count). The fourth-order valence-electron chi connectivity index (χ4n) is 4.55. The number of piperidine rings is 1. The van der Waals surface area contributed by atoms with Crippen LogP contribution in [0.1, 0.15) is 59.3 Å². The van der Waals surface area contributed by atoms with Crippen LogP contribution in [0.25, 0.3) is 0 Å². The van der Waals surface area contributed by atoms with Crippen LogP contribution in [0.3, 0.4) is 0 Å². The number of carbonyl (C=O) groups is 3. The maximum atomic E-state index is 13.7. The first-order valence-electron chi connectivity index (χ1n) is 13.1. The number of carbonyl (C=O) groups excluding carboxylic acids is 3. The second-order valence-electron chi connectivity index (χ2n) is 11.7. The highest BCUT2D eigenvalue weighted by molar-refractivity contribution is 6.74. The molecule has 0 spiro atoms. The molecule has 1 saturated carbocycles. The summed E-state index contributed by atoms with van der Waals surface area (Å²) >= 11 is 0. The number of hydrogen-bond acceptors (Lipinski definition) is 5. The van der Waals surface area contributed by atoms with Crippen molar-refractivity contribution in [1.29, 1.82) is 0 Å². The van der Waals surface area contributed by atoms with Crippen molar-refractivity contribution in [3.05, 3.63) is 25.3 Å². The molecule has 0 aromatic heterocycles. The van der Waals surface area contributed by atoms with Gasteiger partial charge in [-0.05, 0) is 50.2 Å². The molecule has 2 aliphatic rings. The van der Waals surface area contributed by atoms with Crippen molar-refractivity contribution in [3.8, 4) is 0 Å². The predicted octanol–water partition coefficient (Wildman–Crippen LogP) is 4.48. The number of urea groups is 1. The number of nitrogens with one attached hydrogen (secondary N) is 1. The van der Waals surface area contributed by atoms with Crippen molar-refractivity contribution in [1.82, 2.24) is 15.1 Å². The summed E-state index contributed by atoms with van der Waals surface area (Å²) in [6.45, 7) is 19.5. The van der Waals surface area contributed by atoms with E-state index in [0.29, 0.717) is 32.4 Å². The van der Waals surface area contributed by atoms with Gasteiger partial charge in [-0.25, -0.2) is 9.59 Å². The Balaban J connectivity index is 2.23. The third-order valence-corrected chi connectivity index (χ3v) is 12.6. The molecule has 1 aliphatic heterocycles. The summed E-state index contributed by atoms with van der Waals surface area (Å²) in [5, 5.41) is 2.96. The van der Waals surface area contributed by atoms with Gasteiger partial charge in [0.25, 0.3) is 0 Å². The zero-order valence-corrected chi connectivity index (χ0v) is 24.4. The lowest BCUT2D eigenvalue weighted by Gasteiger charge is -2.45. The summed E-state index contributed by atoms with van der Waals surface area (Å²) in [4.78, 5) is 43.0. The van der Waals surface area contributed by atoms with Gasteiger partial charge < -0.3 is 24.3 Å². The van der Waals surface area contributed by atoms with Crippen LogP contribution in [-0.4, -0.2) is 81.0 Å². The van der Waals surface area contributed by atoms with Crippen molar-refractivity contribution in [2.24, 2.45) is 5.92 Å². The molecule has 0 radical (unpaired) electrons. The van der Waals surface area contributed by atoms with Gasteiger partial charge in [-0.3, -0.25) is 4.79 Å². The lowest BCUT2D eigenvalue weighted by Crippen LogP contribution is -2.61. The molecule has 2 fully saturated rings.